The maximum atomic E-state index is 9.57. The van der Waals surface area contributed by atoms with E-state index < -0.39 is 5.54 Å². The topological polar surface area (TPSA) is 55.5 Å². The van der Waals surface area contributed by atoms with Crippen molar-refractivity contribution >= 4 is 0 Å². The van der Waals surface area contributed by atoms with Crippen LogP contribution >= 0.6 is 0 Å². The van der Waals surface area contributed by atoms with Crippen molar-refractivity contribution in [1.29, 1.82) is 0 Å². The van der Waals surface area contributed by atoms with E-state index >= 15 is 0 Å². The molecule has 0 aromatic heterocycles. The smallest absolute Gasteiger partial charge is 0.0881 e. The Hall–Kier alpha value is -0.900. The molecule has 1 unspecified atom stereocenters. The summed E-state index contributed by atoms with van der Waals surface area (Å²) in [6, 6.07) is 9.71. The minimum absolute atomic E-state index is 0.0956. The van der Waals surface area contributed by atoms with Gasteiger partial charge in [-0.25, -0.2) is 0 Å². The van der Waals surface area contributed by atoms with Crippen LogP contribution in [0.25, 0.3) is 0 Å². The van der Waals surface area contributed by atoms with Crippen molar-refractivity contribution in [3.8, 4) is 0 Å². The molecule has 0 saturated heterocycles. The lowest BCUT2D eigenvalue weighted by Gasteiger charge is -2.29. The van der Waals surface area contributed by atoms with E-state index in [1.165, 1.54) is 32.1 Å². The first-order chi connectivity index (χ1) is 9.24. The fraction of sp³-hybridized carbons (Fsp3) is 0.625. The van der Waals surface area contributed by atoms with Crippen LogP contribution in [0, 0.1) is 5.92 Å². The highest BCUT2D eigenvalue weighted by molar-refractivity contribution is 5.24. The second kappa shape index (κ2) is 7.04. The molecular weight excluding hydrogens is 238 g/mol. The standard InChI is InChI=1S/C16H25NO2/c17-16(12-18,15-9-5-2-6-10-15)13-19-11-14-7-3-1-4-8-14/h2,5-6,9-10,14,18H,1,3-4,7-8,11-13,17H2. The Morgan fingerprint density at radius 2 is 1.84 bits per heavy atom. The van der Waals surface area contributed by atoms with Crippen LogP contribution in [0.5, 0.6) is 0 Å². The number of hydrogen-bond acceptors (Lipinski definition) is 3. The van der Waals surface area contributed by atoms with E-state index in [-0.39, 0.29) is 6.61 Å². The summed E-state index contributed by atoms with van der Waals surface area (Å²) in [5, 5.41) is 9.57. The quantitative estimate of drug-likeness (QED) is 0.829. The van der Waals surface area contributed by atoms with Crippen LogP contribution in [0.3, 0.4) is 0 Å². The molecule has 1 aliphatic carbocycles. The molecule has 0 amide bonds. The molecule has 0 spiro atoms. The fourth-order valence-corrected chi connectivity index (χ4v) is 2.75. The number of aliphatic hydroxyl groups excluding tert-OH is 1. The Morgan fingerprint density at radius 1 is 1.16 bits per heavy atom. The summed E-state index contributed by atoms with van der Waals surface area (Å²) in [4.78, 5) is 0. The lowest BCUT2D eigenvalue weighted by molar-refractivity contribution is 0.0283. The van der Waals surface area contributed by atoms with Crippen molar-refractivity contribution in [3.63, 3.8) is 0 Å². The summed E-state index contributed by atoms with van der Waals surface area (Å²) >= 11 is 0. The monoisotopic (exact) mass is 263 g/mol. The van der Waals surface area contributed by atoms with E-state index in [0.29, 0.717) is 12.5 Å². The van der Waals surface area contributed by atoms with Gasteiger partial charge in [-0.2, -0.15) is 0 Å². The first-order valence-electron chi connectivity index (χ1n) is 7.27. The van der Waals surface area contributed by atoms with Crippen molar-refractivity contribution in [2.24, 2.45) is 11.7 Å². The van der Waals surface area contributed by atoms with E-state index in [1.54, 1.807) is 0 Å². The molecule has 0 bridgehead atoms. The largest absolute Gasteiger partial charge is 0.394 e. The predicted molar refractivity (Wildman–Crippen MR) is 76.8 cm³/mol. The van der Waals surface area contributed by atoms with Gasteiger partial charge >= 0.3 is 0 Å². The SMILES string of the molecule is NC(CO)(COCC1CCCCC1)c1ccccc1. The first kappa shape index (κ1) is 14.5. The molecule has 3 N–H and O–H groups in total. The second-order valence-corrected chi connectivity index (χ2v) is 5.70. The lowest BCUT2D eigenvalue weighted by Crippen LogP contribution is -2.45. The Morgan fingerprint density at radius 3 is 2.47 bits per heavy atom. The summed E-state index contributed by atoms with van der Waals surface area (Å²) in [7, 11) is 0. The maximum absolute atomic E-state index is 9.57. The fourth-order valence-electron chi connectivity index (χ4n) is 2.75. The number of rotatable bonds is 6. The van der Waals surface area contributed by atoms with E-state index in [0.717, 1.165) is 12.2 Å². The molecule has 19 heavy (non-hydrogen) atoms. The maximum Gasteiger partial charge on any atom is 0.0881 e. The molecule has 1 aliphatic rings. The summed E-state index contributed by atoms with van der Waals surface area (Å²) in [6.07, 6.45) is 6.53. The van der Waals surface area contributed by atoms with Gasteiger partial charge in [0.05, 0.1) is 18.8 Å². The average Bonchev–Trinajstić information content (AvgIpc) is 2.49. The van der Waals surface area contributed by atoms with Gasteiger partial charge in [-0.1, -0.05) is 49.6 Å². The molecule has 1 atom stereocenters. The highest BCUT2D eigenvalue weighted by Crippen LogP contribution is 2.25. The van der Waals surface area contributed by atoms with Crippen molar-refractivity contribution in [2.75, 3.05) is 19.8 Å². The number of nitrogens with two attached hydrogens (primary N) is 1. The van der Waals surface area contributed by atoms with Crippen LogP contribution in [0.15, 0.2) is 30.3 Å². The number of hydrogen-bond donors (Lipinski definition) is 2. The third kappa shape index (κ3) is 4.03. The molecular formula is C16H25NO2. The first-order valence-corrected chi connectivity index (χ1v) is 7.27. The zero-order valence-electron chi connectivity index (χ0n) is 11.6. The molecule has 2 rings (SSSR count). The van der Waals surface area contributed by atoms with Gasteiger partial charge in [0.2, 0.25) is 0 Å². The molecule has 3 nitrogen and oxygen atoms in total. The van der Waals surface area contributed by atoms with Gasteiger partial charge in [0.25, 0.3) is 0 Å². The van der Waals surface area contributed by atoms with Gasteiger partial charge < -0.3 is 15.6 Å². The van der Waals surface area contributed by atoms with Crippen LogP contribution < -0.4 is 5.73 Å². The molecule has 3 heteroatoms. The Kier molecular flexibility index (Phi) is 5.37. The van der Waals surface area contributed by atoms with Gasteiger partial charge in [-0.3, -0.25) is 0 Å². The Balaban J connectivity index is 1.85. The molecule has 0 radical (unpaired) electrons. The zero-order valence-corrected chi connectivity index (χ0v) is 11.6. The minimum atomic E-state index is -0.782. The van der Waals surface area contributed by atoms with Gasteiger partial charge in [0.15, 0.2) is 0 Å². The number of benzene rings is 1. The van der Waals surface area contributed by atoms with Crippen LogP contribution in [0.1, 0.15) is 37.7 Å². The van der Waals surface area contributed by atoms with Crippen molar-refractivity contribution in [1.82, 2.24) is 0 Å². The zero-order chi connectivity index (χ0) is 13.6. The van der Waals surface area contributed by atoms with Crippen molar-refractivity contribution < 1.29 is 9.84 Å². The normalized spacial score (nSPS) is 20.1. The van der Waals surface area contributed by atoms with E-state index in [4.69, 9.17) is 10.5 Å². The molecule has 106 valence electrons. The average molecular weight is 263 g/mol. The van der Waals surface area contributed by atoms with E-state index in [1.807, 2.05) is 30.3 Å². The summed E-state index contributed by atoms with van der Waals surface area (Å²) < 4.78 is 5.80. The van der Waals surface area contributed by atoms with E-state index in [2.05, 4.69) is 0 Å². The van der Waals surface area contributed by atoms with Gasteiger partial charge in [0.1, 0.15) is 0 Å². The van der Waals surface area contributed by atoms with Gasteiger partial charge in [-0.15, -0.1) is 0 Å². The summed E-state index contributed by atoms with van der Waals surface area (Å²) in [6.45, 7) is 1.05. The number of aliphatic hydroxyl groups is 1. The molecule has 0 aliphatic heterocycles. The predicted octanol–water partition coefficient (Wildman–Crippen LogP) is 2.43. The van der Waals surface area contributed by atoms with E-state index in [9.17, 15) is 5.11 Å². The minimum Gasteiger partial charge on any atom is -0.394 e. The van der Waals surface area contributed by atoms with Crippen LogP contribution in [-0.2, 0) is 10.3 Å². The molecule has 1 aromatic carbocycles. The van der Waals surface area contributed by atoms with Crippen molar-refractivity contribution in [3.05, 3.63) is 35.9 Å². The number of ether oxygens (including phenoxy) is 1. The molecule has 1 fully saturated rings. The summed E-state index contributed by atoms with van der Waals surface area (Å²) in [5.41, 5.74) is 6.41. The van der Waals surface area contributed by atoms with Gasteiger partial charge in [0, 0.05) is 6.61 Å². The third-order valence-electron chi connectivity index (χ3n) is 4.07. The Labute approximate surface area is 115 Å². The van der Waals surface area contributed by atoms with Crippen LogP contribution in [0.2, 0.25) is 0 Å². The summed E-state index contributed by atoms with van der Waals surface area (Å²) in [5.74, 6) is 0.674. The molecule has 1 saturated carbocycles. The highest BCUT2D eigenvalue weighted by Gasteiger charge is 2.27. The molecule has 1 aromatic rings. The van der Waals surface area contributed by atoms with Crippen LogP contribution in [-0.4, -0.2) is 24.9 Å². The second-order valence-electron chi connectivity index (χ2n) is 5.70. The van der Waals surface area contributed by atoms with Crippen LogP contribution in [0.4, 0.5) is 0 Å². The van der Waals surface area contributed by atoms with Crippen molar-refractivity contribution in [2.45, 2.75) is 37.6 Å². The molecule has 0 heterocycles. The lowest BCUT2D eigenvalue weighted by atomic mass is 9.89. The highest BCUT2D eigenvalue weighted by atomic mass is 16.5. The van der Waals surface area contributed by atoms with Gasteiger partial charge in [-0.05, 0) is 24.3 Å². The Bertz CT molecular complexity index is 362. The third-order valence-corrected chi connectivity index (χ3v) is 4.07.